The minimum absolute atomic E-state index is 0.808. The number of imidazole rings is 2. The van der Waals surface area contributed by atoms with Crippen molar-refractivity contribution in [3.63, 3.8) is 0 Å². The molecular weight excluding hydrogens is 589 g/mol. The van der Waals surface area contributed by atoms with Crippen molar-refractivity contribution in [3.8, 4) is 22.6 Å². The van der Waals surface area contributed by atoms with Gasteiger partial charge < -0.3 is 0 Å². The Morgan fingerprint density at radius 1 is 0.354 bits per heavy atom. The molecule has 0 N–H and O–H groups in total. The molecule has 0 radical (unpaired) electrons. The predicted molar refractivity (Wildman–Crippen MR) is 195 cm³/mol. The molecule has 0 aliphatic rings. The first kappa shape index (κ1) is 25.5. The van der Waals surface area contributed by atoms with Crippen LogP contribution in [0.15, 0.2) is 146 Å². The van der Waals surface area contributed by atoms with Crippen LogP contribution in [0.25, 0.3) is 99.4 Å². The molecule has 0 fully saturated rings. The molecule has 5 aromatic carbocycles. The molecular formula is C42H24N6. The van der Waals surface area contributed by atoms with Crippen LogP contribution in [-0.4, -0.2) is 28.7 Å². The van der Waals surface area contributed by atoms with Crippen LogP contribution in [0.2, 0.25) is 0 Å². The zero-order valence-corrected chi connectivity index (χ0v) is 25.5. The highest BCUT2D eigenvalue weighted by Crippen LogP contribution is 2.36. The number of hydrogen-bond donors (Lipinski definition) is 0. The van der Waals surface area contributed by atoms with Gasteiger partial charge in [-0.05, 0) is 66.0 Å². The van der Waals surface area contributed by atoms with E-state index in [0.29, 0.717) is 0 Å². The molecule has 0 aliphatic carbocycles. The second-order valence-electron chi connectivity index (χ2n) is 12.3. The first-order valence-corrected chi connectivity index (χ1v) is 16.1. The molecule has 48 heavy (non-hydrogen) atoms. The lowest BCUT2D eigenvalue weighted by Gasteiger charge is -2.12. The summed E-state index contributed by atoms with van der Waals surface area (Å²) in [6.07, 6.45) is 1.97. The fourth-order valence-electron chi connectivity index (χ4n) is 7.55. The summed E-state index contributed by atoms with van der Waals surface area (Å²) in [5.74, 6) is 0. The molecule has 0 spiro atoms. The van der Waals surface area contributed by atoms with Crippen molar-refractivity contribution in [3.05, 3.63) is 146 Å². The van der Waals surface area contributed by atoms with Gasteiger partial charge in [0.1, 0.15) is 11.3 Å². The molecule has 222 valence electrons. The average molecular weight is 613 g/mol. The number of benzene rings is 5. The normalized spacial score (nSPS) is 12.2. The summed E-state index contributed by atoms with van der Waals surface area (Å²) in [5, 5.41) is 6.74. The Labute approximate surface area is 273 Å². The maximum absolute atomic E-state index is 5.18. The zero-order chi connectivity index (χ0) is 31.3. The highest BCUT2D eigenvalue weighted by molar-refractivity contribution is 6.15. The maximum Gasteiger partial charge on any atom is 0.146 e. The summed E-state index contributed by atoms with van der Waals surface area (Å²) < 4.78 is 4.54. The number of rotatable bonds is 2. The van der Waals surface area contributed by atoms with Crippen molar-refractivity contribution in [1.82, 2.24) is 28.7 Å². The van der Waals surface area contributed by atoms with Crippen molar-refractivity contribution in [2.24, 2.45) is 0 Å². The molecule has 6 aromatic heterocycles. The van der Waals surface area contributed by atoms with Gasteiger partial charge in [0.15, 0.2) is 0 Å². The largest absolute Gasteiger partial charge is 0.292 e. The summed E-state index contributed by atoms with van der Waals surface area (Å²) in [6.45, 7) is 0. The Balaban J connectivity index is 1.12. The van der Waals surface area contributed by atoms with Crippen molar-refractivity contribution >= 4 is 76.7 Å². The van der Waals surface area contributed by atoms with E-state index < -0.39 is 0 Å². The predicted octanol–water partition coefficient (Wildman–Crippen LogP) is 10.0. The van der Waals surface area contributed by atoms with Crippen LogP contribution < -0.4 is 0 Å². The van der Waals surface area contributed by atoms with Gasteiger partial charge in [-0.1, -0.05) is 78.9 Å². The van der Waals surface area contributed by atoms with Crippen LogP contribution in [0.5, 0.6) is 0 Å². The summed E-state index contributed by atoms with van der Waals surface area (Å²) in [6, 6.07) is 48.6. The van der Waals surface area contributed by atoms with Gasteiger partial charge in [0.2, 0.25) is 0 Å². The van der Waals surface area contributed by atoms with E-state index in [2.05, 4.69) is 130 Å². The van der Waals surface area contributed by atoms with Crippen LogP contribution in [0.1, 0.15) is 0 Å². The molecule has 6 nitrogen and oxygen atoms in total. The third kappa shape index (κ3) is 3.46. The van der Waals surface area contributed by atoms with E-state index in [1.165, 1.54) is 10.8 Å². The molecule has 0 unspecified atom stereocenters. The SMILES string of the molecule is c1cc(-c2ccc3c4ccccc4n4c5ccccc5nc4c3c2)nc(-c2cc3c(cn2)c2ccccc2n2c4ccccc4nc32)c1. The lowest BCUT2D eigenvalue weighted by molar-refractivity contribution is 1.26. The van der Waals surface area contributed by atoms with Gasteiger partial charge in [0, 0.05) is 38.7 Å². The van der Waals surface area contributed by atoms with E-state index >= 15 is 0 Å². The molecule has 0 aliphatic heterocycles. The summed E-state index contributed by atoms with van der Waals surface area (Å²) in [7, 11) is 0. The highest BCUT2D eigenvalue weighted by atomic mass is 15.0. The summed E-state index contributed by atoms with van der Waals surface area (Å²) in [4.78, 5) is 20.3. The molecule has 6 heterocycles. The molecule has 11 rings (SSSR count). The van der Waals surface area contributed by atoms with Gasteiger partial charge >= 0.3 is 0 Å². The molecule has 11 aromatic rings. The Morgan fingerprint density at radius 3 is 1.60 bits per heavy atom. The lowest BCUT2D eigenvalue weighted by atomic mass is 10.0. The smallest absolute Gasteiger partial charge is 0.146 e. The van der Waals surface area contributed by atoms with E-state index in [9.17, 15) is 0 Å². The van der Waals surface area contributed by atoms with Crippen LogP contribution >= 0.6 is 0 Å². The number of para-hydroxylation sites is 6. The third-order valence-corrected chi connectivity index (χ3v) is 9.70. The van der Waals surface area contributed by atoms with Crippen LogP contribution in [0.4, 0.5) is 0 Å². The standard InChI is InChI=1S/C42H24N6/c1-5-16-37-27(10-1)26-21-20-25(22-29(26)41-45-34-12-3-7-18-39(34)47(37)41)32-14-9-15-33(44-32)36-23-30-31(24-43-36)28-11-2-6-17-38(28)48-40-19-8-4-13-35(40)46-42(30)48/h1-24H. The maximum atomic E-state index is 5.18. The third-order valence-electron chi connectivity index (χ3n) is 9.70. The van der Waals surface area contributed by atoms with Gasteiger partial charge in [-0.2, -0.15) is 0 Å². The Morgan fingerprint density at radius 2 is 0.917 bits per heavy atom. The molecule has 0 saturated carbocycles. The minimum Gasteiger partial charge on any atom is -0.292 e. The second-order valence-corrected chi connectivity index (χ2v) is 12.3. The summed E-state index contributed by atoms with van der Waals surface area (Å²) in [5.41, 5.74) is 11.8. The Hall–Kier alpha value is -6.66. The quantitative estimate of drug-likeness (QED) is 0.182. The summed E-state index contributed by atoms with van der Waals surface area (Å²) >= 11 is 0. The fourth-order valence-corrected chi connectivity index (χ4v) is 7.55. The van der Waals surface area contributed by atoms with Gasteiger partial charge in [-0.25, -0.2) is 15.0 Å². The van der Waals surface area contributed by atoms with Gasteiger partial charge in [-0.15, -0.1) is 0 Å². The Bertz CT molecular complexity index is 2920. The van der Waals surface area contributed by atoms with Gasteiger partial charge in [0.25, 0.3) is 0 Å². The fraction of sp³-hybridized carbons (Fsp3) is 0. The number of aromatic nitrogens is 6. The van der Waals surface area contributed by atoms with Gasteiger partial charge in [-0.3, -0.25) is 13.8 Å². The first-order chi connectivity index (χ1) is 23.8. The monoisotopic (exact) mass is 612 g/mol. The van der Waals surface area contributed by atoms with Crippen LogP contribution in [0, 0.1) is 0 Å². The molecule has 6 heteroatoms. The molecule has 0 saturated heterocycles. The number of nitrogens with zero attached hydrogens (tertiary/aromatic N) is 6. The van der Waals surface area contributed by atoms with E-state index in [0.717, 1.165) is 88.6 Å². The van der Waals surface area contributed by atoms with Crippen LogP contribution in [0.3, 0.4) is 0 Å². The second kappa shape index (κ2) is 9.44. The van der Waals surface area contributed by atoms with Crippen molar-refractivity contribution in [2.45, 2.75) is 0 Å². The number of fused-ring (bicyclic) bond motifs is 16. The minimum atomic E-state index is 0.808. The Kier molecular flexibility index (Phi) is 5.02. The van der Waals surface area contributed by atoms with E-state index in [4.69, 9.17) is 19.9 Å². The van der Waals surface area contributed by atoms with Gasteiger partial charge in [0.05, 0.1) is 50.2 Å². The lowest BCUT2D eigenvalue weighted by Crippen LogP contribution is -1.95. The highest BCUT2D eigenvalue weighted by Gasteiger charge is 2.17. The first-order valence-electron chi connectivity index (χ1n) is 16.1. The van der Waals surface area contributed by atoms with Crippen molar-refractivity contribution in [2.75, 3.05) is 0 Å². The molecule has 0 amide bonds. The average Bonchev–Trinajstić information content (AvgIpc) is 3.75. The topological polar surface area (TPSA) is 60.4 Å². The van der Waals surface area contributed by atoms with Crippen molar-refractivity contribution < 1.29 is 0 Å². The number of pyridine rings is 4. The van der Waals surface area contributed by atoms with Crippen LogP contribution in [-0.2, 0) is 0 Å². The number of hydrogen-bond acceptors (Lipinski definition) is 4. The molecule has 0 bridgehead atoms. The van der Waals surface area contributed by atoms with E-state index in [-0.39, 0.29) is 0 Å². The molecule has 0 atom stereocenters. The van der Waals surface area contributed by atoms with E-state index in [1.807, 2.05) is 24.4 Å². The van der Waals surface area contributed by atoms with Crippen molar-refractivity contribution in [1.29, 1.82) is 0 Å². The van der Waals surface area contributed by atoms with E-state index in [1.54, 1.807) is 0 Å². The zero-order valence-electron chi connectivity index (χ0n) is 25.5.